The van der Waals surface area contributed by atoms with E-state index in [9.17, 15) is 4.79 Å². The Bertz CT molecular complexity index is 703. The van der Waals surface area contributed by atoms with Gasteiger partial charge < -0.3 is 5.32 Å². The van der Waals surface area contributed by atoms with E-state index >= 15 is 0 Å². The zero-order valence-electron chi connectivity index (χ0n) is 13.8. The molecule has 1 aliphatic heterocycles. The highest BCUT2D eigenvalue weighted by Crippen LogP contribution is 2.31. The highest BCUT2D eigenvalue weighted by molar-refractivity contribution is 7.13. The van der Waals surface area contributed by atoms with Crippen LogP contribution in [-0.2, 0) is 17.8 Å². The van der Waals surface area contributed by atoms with E-state index in [0.717, 1.165) is 55.8 Å². The number of anilines is 1. The largest absolute Gasteiger partial charge is 0.301 e. The van der Waals surface area contributed by atoms with Gasteiger partial charge in [0.2, 0.25) is 5.91 Å². The van der Waals surface area contributed by atoms with Gasteiger partial charge in [0, 0.05) is 23.2 Å². The van der Waals surface area contributed by atoms with Crippen molar-refractivity contribution in [3.05, 3.63) is 28.5 Å². The second-order valence-electron chi connectivity index (χ2n) is 6.72. The molecule has 1 saturated heterocycles. The number of rotatable bonds is 4. The molecule has 128 valence electrons. The van der Waals surface area contributed by atoms with Gasteiger partial charge in [0.15, 0.2) is 5.13 Å². The van der Waals surface area contributed by atoms with Crippen LogP contribution in [0.2, 0.25) is 0 Å². The average Bonchev–Trinajstić information content (AvgIpc) is 3.24. The molecular weight excluding hydrogens is 322 g/mol. The third kappa shape index (κ3) is 3.37. The van der Waals surface area contributed by atoms with Crippen LogP contribution in [0, 0.1) is 0 Å². The van der Waals surface area contributed by atoms with E-state index in [2.05, 4.69) is 30.8 Å². The molecule has 2 aromatic rings. The first-order valence-corrected chi connectivity index (χ1v) is 9.67. The molecule has 1 fully saturated rings. The molecule has 0 saturated carbocycles. The minimum absolute atomic E-state index is 0.0382. The van der Waals surface area contributed by atoms with Gasteiger partial charge in [0.25, 0.3) is 0 Å². The molecule has 24 heavy (non-hydrogen) atoms. The number of likely N-dealkylation sites (tertiary alicyclic amines) is 1. The number of nitrogens with one attached hydrogen (secondary N) is 2. The van der Waals surface area contributed by atoms with Crippen LogP contribution in [0.1, 0.15) is 55.0 Å². The molecule has 6 nitrogen and oxygen atoms in total. The third-order valence-corrected chi connectivity index (χ3v) is 5.79. The molecule has 4 rings (SSSR count). The first kappa shape index (κ1) is 15.8. The Morgan fingerprint density at radius 2 is 2.21 bits per heavy atom. The van der Waals surface area contributed by atoms with Crippen LogP contribution in [0.4, 0.5) is 5.13 Å². The lowest BCUT2D eigenvalue weighted by atomic mass is 9.86. The minimum atomic E-state index is -0.109. The lowest BCUT2D eigenvalue weighted by molar-refractivity contribution is -0.117. The Labute approximate surface area is 145 Å². The van der Waals surface area contributed by atoms with E-state index in [0.29, 0.717) is 5.13 Å². The molecule has 1 atom stereocenters. The van der Waals surface area contributed by atoms with Crippen molar-refractivity contribution in [2.24, 2.45) is 0 Å². The number of piperidine rings is 1. The highest BCUT2D eigenvalue weighted by Gasteiger charge is 2.28. The number of aryl methyl sites for hydroxylation is 1. The Morgan fingerprint density at radius 1 is 1.33 bits per heavy atom. The summed E-state index contributed by atoms with van der Waals surface area (Å²) in [5, 5.41) is 12.9. The normalized spacial score (nSPS) is 21.4. The van der Waals surface area contributed by atoms with Gasteiger partial charge in [0.1, 0.15) is 0 Å². The number of aromatic nitrogens is 3. The summed E-state index contributed by atoms with van der Waals surface area (Å²) in [7, 11) is 0. The van der Waals surface area contributed by atoms with Gasteiger partial charge in [0.05, 0.1) is 17.8 Å². The molecule has 1 amide bonds. The predicted molar refractivity (Wildman–Crippen MR) is 94.1 cm³/mol. The maximum atomic E-state index is 12.6. The first-order chi connectivity index (χ1) is 11.8. The van der Waals surface area contributed by atoms with Crippen molar-refractivity contribution in [2.45, 2.75) is 51.0 Å². The van der Waals surface area contributed by atoms with Gasteiger partial charge in [-0.1, -0.05) is 6.42 Å². The molecule has 0 unspecified atom stereocenters. The van der Waals surface area contributed by atoms with Gasteiger partial charge in [-0.2, -0.15) is 5.10 Å². The van der Waals surface area contributed by atoms with Crippen LogP contribution < -0.4 is 5.32 Å². The summed E-state index contributed by atoms with van der Waals surface area (Å²) >= 11 is 1.52. The van der Waals surface area contributed by atoms with Crippen LogP contribution in [0.15, 0.2) is 11.6 Å². The second-order valence-corrected chi connectivity index (χ2v) is 7.58. The average molecular weight is 345 g/mol. The van der Waals surface area contributed by atoms with Crippen LogP contribution >= 0.6 is 11.3 Å². The second kappa shape index (κ2) is 7.03. The van der Waals surface area contributed by atoms with Crippen molar-refractivity contribution in [3.63, 3.8) is 0 Å². The van der Waals surface area contributed by atoms with Gasteiger partial charge in [-0.3, -0.25) is 14.8 Å². The van der Waals surface area contributed by atoms with Crippen molar-refractivity contribution in [1.82, 2.24) is 20.1 Å². The fraction of sp³-hybridized carbons (Fsp3) is 0.588. The van der Waals surface area contributed by atoms with Gasteiger partial charge in [-0.15, -0.1) is 11.3 Å². The quantitative estimate of drug-likeness (QED) is 0.893. The number of aromatic amines is 1. The molecule has 1 aliphatic carbocycles. The van der Waals surface area contributed by atoms with E-state index in [4.69, 9.17) is 0 Å². The van der Waals surface area contributed by atoms with E-state index in [-0.39, 0.29) is 11.8 Å². The highest BCUT2D eigenvalue weighted by atomic mass is 32.1. The van der Waals surface area contributed by atoms with Crippen LogP contribution in [0.25, 0.3) is 0 Å². The lowest BCUT2D eigenvalue weighted by Gasteiger charge is -2.25. The fourth-order valence-electron chi connectivity index (χ4n) is 3.71. The number of amides is 1. The van der Waals surface area contributed by atoms with Crippen LogP contribution in [-0.4, -0.2) is 39.1 Å². The number of carbonyl (C=O) groups excluding carboxylic acids is 1. The Kier molecular flexibility index (Phi) is 4.62. The van der Waals surface area contributed by atoms with Crippen LogP contribution in [0.5, 0.6) is 0 Å². The monoisotopic (exact) mass is 345 g/mol. The molecule has 2 N–H and O–H groups in total. The maximum Gasteiger partial charge on any atom is 0.233 e. The minimum Gasteiger partial charge on any atom is -0.301 e. The van der Waals surface area contributed by atoms with Crippen LogP contribution in [0.3, 0.4) is 0 Å². The maximum absolute atomic E-state index is 12.6. The number of carbonyl (C=O) groups is 1. The van der Waals surface area contributed by atoms with Crippen molar-refractivity contribution in [3.8, 4) is 0 Å². The van der Waals surface area contributed by atoms with E-state index in [1.54, 1.807) is 6.20 Å². The van der Waals surface area contributed by atoms with Crippen molar-refractivity contribution < 1.29 is 4.79 Å². The SMILES string of the molecule is O=C(Nc1nc(CN2CCCCC2)cs1)[C@H]1CCCc2[nH]ncc21. The van der Waals surface area contributed by atoms with E-state index < -0.39 is 0 Å². The summed E-state index contributed by atoms with van der Waals surface area (Å²) in [5.41, 5.74) is 3.21. The van der Waals surface area contributed by atoms with Gasteiger partial charge in [-0.25, -0.2) is 4.98 Å². The molecule has 0 bridgehead atoms. The zero-order chi connectivity index (χ0) is 16.4. The third-order valence-electron chi connectivity index (χ3n) is 4.98. The molecule has 3 heterocycles. The summed E-state index contributed by atoms with van der Waals surface area (Å²) in [6.45, 7) is 3.21. The zero-order valence-corrected chi connectivity index (χ0v) is 14.6. The van der Waals surface area contributed by atoms with E-state index in [1.165, 1.54) is 30.6 Å². The number of fused-ring (bicyclic) bond motifs is 1. The van der Waals surface area contributed by atoms with Crippen molar-refractivity contribution in [1.29, 1.82) is 0 Å². The molecule has 7 heteroatoms. The first-order valence-electron chi connectivity index (χ1n) is 8.79. The summed E-state index contributed by atoms with van der Waals surface area (Å²) in [5.74, 6) is -0.0711. The van der Waals surface area contributed by atoms with E-state index in [1.807, 2.05) is 0 Å². The summed E-state index contributed by atoms with van der Waals surface area (Å²) in [4.78, 5) is 19.7. The number of hydrogen-bond acceptors (Lipinski definition) is 5. The number of H-pyrrole nitrogens is 1. The van der Waals surface area contributed by atoms with Gasteiger partial charge >= 0.3 is 0 Å². The summed E-state index contributed by atoms with van der Waals surface area (Å²) in [6.07, 6.45) is 8.58. The number of hydrogen-bond donors (Lipinski definition) is 2. The van der Waals surface area contributed by atoms with Crippen molar-refractivity contribution in [2.75, 3.05) is 18.4 Å². The molecule has 2 aliphatic rings. The molecule has 2 aromatic heterocycles. The molecular formula is C17H23N5OS. The lowest BCUT2D eigenvalue weighted by Crippen LogP contribution is -2.29. The Hall–Kier alpha value is -1.73. The van der Waals surface area contributed by atoms with Gasteiger partial charge in [-0.05, 0) is 45.2 Å². The fourth-order valence-corrected chi connectivity index (χ4v) is 4.41. The summed E-state index contributed by atoms with van der Waals surface area (Å²) < 4.78 is 0. The standard InChI is InChI=1S/C17H23N5OS/c23-16(13-5-4-6-15-14(13)9-18-21-15)20-17-19-12(11-24-17)10-22-7-2-1-3-8-22/h9,11,13H,1-8,10H2,(H,18,21)(H,19,20,23)/t13-/m0/s1. The Balaban J connectivity index is 1.38. The number of nitrogens with zero attached hydrogens (tertiary/aromatic N) is 3. The predicted octanol–water partition coefficient (Wildman–Crippen LogP) is 2.91. The summed E-state index contributed by atoms with van der Waals surface area (Å²) in [6, 6.07) is 0. The number of thiazole rings is 1. The topological polar surface area (TPSA) is 73.9 Å². The molecule has 0 aromatic carbocycles. The Morgan fingerprint density at radius 3 is 3.08 bits per heavy atom. The molecule has 0 radical (unpaired) electrons. The van der Waals surface area contributed by atoms with Crippen molar-refractivity contribution >= 4 is 22.4 Å². The smallest absolute Gasteiger partial charge is 0.233 e. The molecule has 0 spiro atoms.